The van der Waals surface area contributed by atoms with Gasteiger partial charge in [0.15, 0.2) is 5.11 Å². The lowest BCUT2D eigenvalue weighted by atomic mass is 10.2. The minimum absolute atomic E-state index is 0.735. The molecule has 5 heteroatoms. The topological polar surface area (TPSA) is 36.5 Å². The molecule has 16 heavy (non-hydrogen) atoms. The quantitative estimate of drug-likeness (QED) is 0.544. The predicted octanol–water partition coefficient (Wildman–Crippen LogP) is 1.28. The zero-order valence-corrected chi connectivity index (χ0v) is 10.9. The summed E-state index contributed by atoms with van der Waals surface area (Å²) in [7, 11) is 0. The number of ether oxygens (including phenoxy) is 1. The van der Waals surface area contributed by atoms with Gasteiger partial charge in [-0.15, -0.1) is 0 Å². The fourth-order valence-corrected chi connectivity index (χ4v) is 1.94. The van der Waals surface area contributed by atoms with Gasteiger partial charge in [-0.05, 0) is 38.4 Å². The Labute approximate surface area is 104 Å². The molecule has 1 heterocycles. The van der Waals surface area contributed by atoms with Crippen LogP contribution < -0.4 is 10.7 Å². The van der Waals surface area contributed by atoms with E-state index in [1.165, 1.54) is 19.3 Å². The van der Waals surface area contributed by atoms with Gasteiger partial charge in [-0.1, -0.05) is 6.42 Å². The maximum Gasteiger partial charge on any atom is 0.181 e. The van der Waals surface area contributed by atoms with Crippen molar-refractivity contribution in [1.82, 2.24) is 15.8 Å². The summed E-state index contributed by atoms with van der Waals surface area (Å²) in [6.45, 7) is 6.67. The van der Waals surface area contributed by atoms with Gasteiger partial charge in [0.2, 0.25) is 0 Å². The monoisotopic (exact) mass is 245 g/mol. The van der Waals surface area contributed by atoms with Gasteiger partial charge in [0.1, 0.15) is 0 Å². The van der Waals surface area contributed by atoms with Gasteiger partial charge < -0.3 is 10.1 Å². The second-order valence-corrected chi connectivity index (χ2v) is 4.37. The van der Waals surface area contributed by atoms with Crippen LogP contribution in [0.3, 0.4) is 0 Å². The number of rotatable bonds is 6. The van der Waals surface area contributed by atoms with Crippen LogP contribution in [-0.4, -0.2) is 43.0 Å². The molecule has 1 fully saturated rings. The van der Waals surface area contributed by atoms with Crippen LogP contribution in [-0.2, 0) is 4.74 Å². The first-order chi connectivity index (χ1) is 7.83. The minimum Gasteiger partial charge on any atom is -0.382 e. The summed E-state index contributed by atoms with van der Waals surface area (Å²) in [5.74, 6) is 0. The normalized spacial score (nSPS) is 17.1. The molecule has 1 rings (SSSR count). The van der Waals surface area contributed by atoms with Gasteiger partial charge in [-0.2, -0.15) is 0 Å². The molecule has 0 spiro atoms. The average Bonchev–Trinajstić information content (AvgIpc) is 2.30. The third-order valence-corrected chi connectivity index (χ3v) is 2.81. The van der Waals surface area contributed by atoms with Crippen LogP contribution in [0.15, 0.2) is 0 Å². The number of thiocarbonyl (C=S) groups is 1. The van der Waals surface area contributed by atoms with Crippen molar-refractivity contribution in [2.45, 2.75) is 32.6 Å². The second kappa shape index (κ2) is 8.73. The largest absolute Gasteiger partial charge is 0.382 e. The average molecular weight is 245 g/mol. The Balaban J connectivity index is 1.97. The molecule has 2 N–H and O–H groups in total. The number of hydrogen-bond acceptors (Lipinski definition) is 3. The Hall–Kier alpha value is -0.390. The highest BCUT2D eigenvalue weighted by Gasteiger charge is 2.10. The van der Waals surface area contributed by atoms with Crippen molar-refractivity contribution in [3.8, 4) is 0 Å². The lowest BCUT2D eigenvalue weighted by Gasteiger charge is -2.28. The number of hydrazine groups is 1. The molecule has 4 nitrogen and oxygen atoms in total. The molecule has 94 valence electrons. The summed E-state index contributed by atoms with van der Waals surface area (Å²) in [4.78, 5) is 0. The minimum atomic E-state index is 0.735. The molecule has 0 unspecified atom stereocenters. The van der Waals surface area contributed by atoms with Gasteiger partial charge in [0.05, 0.1) is 0 Å². The van der Waals surface area contributed by atoms with Crippen molar-refractivity contribution in [2.24, 2.45) is 0 Å². The van der Waals surface area contributed by atoms with Gasteiger partial charge in [-0.25, -0.2) is 5.01 Å². The fraction of sp³-hybridized carbons (Fsp3) is 0.909. The van der Waals surface area contributed by atoms with E-state index in [0.29, 0.717) is 0 Å². The van der Waals surface area contributed by atoms with Gasteiger partial charge >= 0.3 is 0 Å². The third kappa shape index (κ3) is 6.25. The van der Waals surface area contributed by atoms with Crippen molar-refractivity contribution in [3.05, 3.63) is 0 Å². The van der Waals surface area contributed by atoms with Crippen molar-refractivity contribution in [1.29, 1.82) is 0 Å². The van der Waals surface area contributed by atoms with E-state index < -0.39 is 0 Å². The van der Waals surface area contributed by atoms with Crippen molar-refractivity contribution >= 4 is 17.3 Å². The van der Waals surface area contributed by atoms with E-state index in [2.05, 4.69) is 15.8 Å². The summed E-state index contributed by atoms with van der Waals surface area (Å²) in [5, 5.41) is 6.12. The zero-order chi connectivity index (χ0) is 11.6. The van der Waals surface area contributed by atoms with E-state index in [1.807, 2.05) is 6.92 Å². The molecular weight excluding hydrogens is 222 g/mol. The number of piperidine rings is 1. The van der Waals surface area contributed by atoms with E-state index in [0.717, 1.165) is 44.4 Å². The maximum atomic E-state index is 5.25. The van der Waals surface area contributed by atoms with Crippen LogP contribution in [0.1, 0.15) is 32.6 Å². The molecule has 0 aromatic carbocycles. The summed E-state index contributed by atoms with van der Waals surface area (Å²) in [6, 6.07) is 0. The first kappa shape index (κ1) is 13.7. The zero-order valence-electron chi connectivity index (χ0n) is 10.1. The molecule has 0 aromatic rings. The summed E-state index contributed by atoms with van der Waals surface area (Å²) >= 11 is 5.21. The molecule has 0 atom stereocenters. The second-order valence-electron chi connectivity index (χ2n) is 3.97. The summed E-state index contributed by atoms with van der Waals surface area (Å²) in [6.07, 6.45) is 4.86. The lowest BCUT2D eigenvalue weighted by Crippen LogP contribution is -2.49. The van der Waals surface area contributed by atoms with Crippen LogP contribution in [0.5, 0.6) is 0 Å². The number of nitrogens with one attached hydrogen (secondary N) is 2. The predicted molar refractivity (Wildman–Crippen MR) is 70.3 cm³/mol. The summed E-state index contributed by atoms with van der Waals surface area (Å²) in [5.41, 5.74) is 3.22. The van der Waals surface area contributed by atoms with Crippen molar-refractivity contribution < 1.29 is 4.74 Å². The molecule has 0 amide bonds. The van der Waals surface area contributed by atoms with E-state index in [9.17, 15) is 0 Å². The fourth-order valence-electron chi connectivity index (χ4n) is 1.71. The first-order valence-electron chi connectivity index (χ1n) is 6.20. The molecule has 0 aromatic heterocycles. The van der Waals surface area contributed by atoms with Crippen LogP contribution in [0.2, 0.25) is 0 Å². The maximum absolute atomic E-state index is 5.25. The summed E-state index contributed by atoms with van der Waals surface area (Å²) < 4.78 is 5.25. The number of hydrogen-bond donors (Lipinski definition) is 2. The van der Waals surface area contributed by atoms with Gasteiger partial charge in [0, 0.05) is 32.8 Å². The van der Waals surface area contributed by atoms with Crippen molar-refractivity contribution in [3.63, 3.8) is 0 Å². The Morgan fingerprint density at radius 3 is 2.75 bits per heavy atom. The molecule has 1 aliphatic heterocycles. The van der Waals surface area contributed by atoms with Crippen LogP contribution >= 0.6 is 12.2 Å². The molecule has 0 aliphatic carbocycles. The van der Waals surface area contributed by atoms with E-state index in [1.54, 1.807) is 0 Å². The highest BCUT2D eigenvalue weighted by Crippen LogP contribution is 2.05. The SMILES string of the molecule is CCOCCCNC(=S)NN1CCCCC1. The molecule has 0 bridgehead atoms. The lowest BCUT2D eigenvalue weighted by molar-refractivity contribution is 0.145. The molecule has 0 radical (unpaired) electrons. The standard InChI is InChI=1S/C11H23N3OS/c1-2-15-10-6-7-12-11(16)13-14-8-4-3-5-9-14/h2-10H2,1H3,(H2,12,13,16). The first-order valence-corrected chi connectivity index (χ1v) is 6.61. The molecule has 1 aliphatic rings. The third-order valence-electron chi connectivity index (χ3n) is 2.57. The Morgan fingerprint density at radius 2 is 2.06 bits per heavy atom. The highest BCUT2D eigenvalue weighted by molar-refractivity contribution is 7.80. The van der Waals surface area contributed by atoms with Gasteiger partial charge in [-0.3, -0.25) is 5.43 Å². The van der Waals surface area contributed by atoms with Crippen LogP contribution in [0.4, 0.5) is 0 Å². The Bertz CT molecular complexity index is 196. The number of nitrogens with zero attached hydrogens (tertiary/aromatic N) is 1. The van der Waals surface area contributed by atoms with Crippen LogP contribution in [0, 0.1) is 0 Å². The molecular formula is C11H23N3OS. The smallest absolute Gasteiger partial charge is 0.181 e. The van der Waals surface area contributed by atoms with Crippen molar-refractivity contribution in [2.75, 3.05) is 32.8 Å². The van der Waals surface area contributed by atoms with E-state index in [-0.39, 0.29) is 0 Å². The highest BCUT2D eigenvalue weighted by atomic mass is 32.1. The molecule has 1 saturated heterocycles. The van der Waals surface area contributed by atoms with E-state index in [4.69, 9.17) is 17.0 Å². The van der Waals surface area contributed by atoms with Gasteiger partial charge in [0.25, 0.3) is 0 Å². The van der Waals surface area contributed by atoms with E-state index >= 15 is 0 Å². The Kier molecular flexibility index (Phi) is 7.46. The Morgan fingerprint density at radius 1 is 1.31 bits per heavy atom. The molecule has 0 saturated carbocycles. The van der Waals surface area contributed by atoms with Crippen LogP contribution in [0.25, 0.3) is 0 Å².